The number of fused-ring (bicyclic) bond motifs is 1. The normalized spacial score (nSPS) is 21.4. The summed E-state index contributed by atoms with van der Waals surface area (Å²) in [6.07, 6.45) is -0.733. The third-order valence-corrected chi connectivity index (χ3v) is 6.94. The molecular formula is C24H32BF2N3O5. The highest BCUT2D eigenvalue weighted by Crippen LogP contribution is 2.37. The molecule has 1 aromatic heterocycles. The molecule has 0 saturated carbocycles. The Hall–Kier alpha value is -2.53. The van der Waals surface area contributed by atoms with Gasteiger partial charge in [0.1, 0.15) is 22.8 Å². The van der Waals surface area contributed by atoms with Crippen molar-refractivity contribution in [3.8, 4) is 0 Å². The number of alkyl halides is 1. The second-order valence-corrected chi connectivity index (χ2v) is 11.3. The quantitative estimate of drug-likeness (QED) is 0.646. The molecule has 2 saturated heterocycles. The molecule has 0 unspecified atom stereocenters. The molecule has 35 heavy (non-hydrogen) atoms. The van der Waals surface area contributed by atoms with E-state index < -0.39 is 47.1 Å². The minimum Gasteiger partial charge on any atom is -0.444 e. The molecule has 2 aromatic rings. The maximum Gasteiger partial charge on any atom is 0.494 e. The maximum atomic E-state index is 15.8. The minimum absolute atomic E-state index is 0.0201. The van der Waals surface area contributed by atoms with Crippen LogP contribution >= 0.6 is 0 Å². The van der Waals surface area contributed by atoms with Crippen molar-refractivity contribution in [3.05, 3.63) is 34.1 Å². The van der Waals surface area contributed by atoms with Crippen LogP contribution in [0.5, 0.6) is 0 Å². The second kappa shape index (κ2) is 8.26. The van der Waals surface area contributed by atoms with Gasteiger partial charge in [-0.25, -0.2) is 18.6 Å². The summed E-state index contributed by atoms with van der Waals surface area (Å²) in [6, 6.07) is 2.67. The molecule has 0 bridgehead atoms. The summed E-state index contributed by atoms with van der Waals surface area (Å²) in [4.78, 5) is 33.3. The van der Waals surface area contributed by atoms with E-state index in [2.05, 4.69) is 9.97 Å². The number of ether oxygens (including phenoxy) is 1. The smallest absolute Gasteiger partial charge is 0.444 e. The molecule has 0 aliphatic carbocycles. The number of benzene rings is 1. The van der Waals surface area contributed by atoms with E-state index in [0.29, 0.717) is 5.46 Å². The number of aromatic amines is 1. The molecule has 0 radical (unpaired) electrons. The fraction of sp³-hybridized carbons (Fsp3) is 0.625. The van der Waals surface area contributed by atoms with Crippen molar-refractivity contribution in [3.63, 3.8) is 0 Å². The topological polar surface area (TPSA) is 93.8 Å². The summed E-state index contributed by atoms with van der Waals surface area (Å²) in [5.74, 6) is -1.02. The summed E-state index contributed by atoms with van der Waals surface area (Å²) in [7, 11) is -0.859. The highest BCUT2D eigenvalue weighted by molar-refractivity contribution is 6.62. The van der Waals surface area contributed by atoms with Crippen LogP contribution < -0.4 is 11.0 Å². The van der Waals surface area contributed by atoms with Crippen molar-refractivity contribution >= 4 is 29.6 Å². The number of aromatic nitrogens is 2. The lowest BCUT2D eigenvalue weighted by Crippen LogP contribution is -2.46. The van der Waals surface area contributed by atoms with Crippen molar-refractivity contribution in [1.29, 1.82) is 0 Å². The molecule has 2 fully saturated rings. The van der Waals surface area contributed by atoms with Gasteiger partial charge in [-0.05, 0) is 66.1 Å². The summed E-state index contributed by atoms with van der Waals surface area (Å²) in [5.41, 5.74) is -4.48. The van der Waals surface area contributed by atoms with Gasteiger partial charge in [-0.1, -0.05) is 0 Å². The van der Waals surface area contributed by atoms with Gasteiger partial charge in [0.05, 0.1) is 16.6 Å². The van der Waals surface area contributed by atoms with Gasteiger partial charge in [-0.15, -0.1) is 0 Å². The second-order valence-electron chi connectivity index (χ2n) is 11.3. The minimum atomic E-state index is -2.01. The number of likely N-dealkylation sites (tertiary alicyclic amines) is 1. The van der Waals surface area contributed by atoms with E-state index in [1.54, 1.807) is 20.8 Å². The Labute approximate surface area is 203 Å². The van der Waals surface area contributed by atoms with Crippen LogP contribution in [0.2, 0.25) is 0 Å². The largest absolute Gasteiger partial charge is 0.494 e. The first-order chi connectivity index (χ1) is 16.0. The van der Waals surface area contributed by atoms with E-state index in [1.165, 1.54) is 17.0 Å². The lowest BCUT2D eigenvalue weighted by Gasteiger charge is -2.36. The van der Waals surface area contributed by atoms with Crippen molar-refractivity contribution in [2.75, 3.05) is 13.1 Å². The number of carbonyl (C=O) groups is 1. The summed E-state index contributed by atoms with van der Waals surface area (Å²) in [6.45, 7) is 12.9. The number of rotatable bonds is 2. The number of nitrogens with zero attached hydrogens (tertiary/aromatic N) is 2. The van der Waals surface area contributed by atoms with Crippen molar-refractivity contribution in [2.45, 2.75) is 83.8 Å². The van der Waals surface area contributed by atoms with Gasteiger partial charge in [-0.3, -0.25) is 4.79 Å². The number of halogens is 2. The summed E-state index contributed by atoms with van der Waals surface area (Å²) < 4.78 is 48.3. The van der Waals surface area contributed by atoms with Crippen LogP contribution in [-0.2, 0) is 19.7 Å². The van der Waals surface area contributed by atoms with Crippen LogP contribution in [-0.4, -0.2) is 58.0 Å². The Morgan fingerprint density at radius 3 is 2.26 bits per heavy atom. The molecule has 1 N–H and O–H groups in total. The van der Waals surface area contributed by atoms with Crippen LogP contribution in [0.25, 0.3) is 10.9 Å². The zero-order valence-corrected chi connectivity index (χ0v) is 21.3. The van der Waals surface area contributed by atoms with Gasteiger partial charge in [0.2, 0.25) is 0 Å². The predicted molar refractivity (Wildman–Crippen MR) is 128 cm³/mol. The number of hydrogen-bond donors (Lipinski definition) is 1. The van der Waals surface area contributed by atoms with Crippen molar-refractivity contribution in [1.82, 2.24) is 14.9 Å². The molecule has 1 amide bonds. The molecule has 0 spiro atoms. The average Bonchev–Trinajstić information content (AvgIpc) is 2.94. The molecule has 2 aliphatic rings. The first-order valence-corrected chi connectivity index (χ1v) is 11.8. The van der Waals surface area contributed by atoms with E-state index in [1.807, 2.05) is 27.7 Å². The Kier molecular flexibility index (Phi) is 6.04. The van der Waals surface area contributed by atoms with Crippen molar-refractivity contribution < 1.29 is 27.6 Å². The lowest BCUT2D eigenvalue weighted by atomic mass is 9.78. The molecule has 3 heterocycles. The highest BCUT2D eigenvalue weighted by Gasteiger charge is 2.52. The fourth-order valence-corrected chi connectivity index (χ4v) is 4.16. The van der Waals surface area contributed by atoms with Gasteiger partial charge in [0, 0.05) is 25.9 Å². The van der Waals surface area contributed by atoms with Crippen LogP contribution in [0.1, 0.15) is 67.1 Å². The van der Waals surface area contributed by atoms with Crippen LogP contribution in [0.4, 0.5) is 13.6 Å². The van der Waals surface area contributed by atoms with E-state index in [0.717, 1.165) is 0 Å². The highest BCUT2D eigenvalue weighted by atomic mass is 19.1. The SMILES string of the molecule is CC(C)(C)OC(=O)N1CCC(F)(c2nc3c(F)cc(B4OC(C)(C)C(C)(C)O4)cc3c(=O)[nH]2)CC1. The van der Waals surface area contributed by atoms with Gasteiger partial charge in [-0.2, -0.15) is 0 Å². The third-order valence-electron chi connectivity index (χ3n) is 6.94. The zero-order valence-electron chi connectivity index (χ0n) is 21.3. The molecular weight excluding hydrogens is 459 g/mol. The number of H-pyrrole nitrogens is 1. The molecule has 11 heteroatoms. The molecule has 2 aliphatic heterocycles. The molecule has 190 valence electrons. The molecule has 4 rings (SSSR count). The number of hydrogen-bond acceptors (Lipinski definition) is 6. The van der Waals surface area contributed by atoms with Gasteiger partial charge in [0.15, 0.2) is 5.67 Å². The maximum absolute atomic E-state index is 15.8. The number of piperidine rings is 1. The van der Waals surface area contributed by atoms with E-state index in [-0.39, 0.29) is 42.7 Å². The summed E-state index contributed by atoms with van der Waals surface area (Å²) >= 11 is 0. The van der Waals surface area contributed by atoms with Crippen LogP contribution in [0.3, 0.4) is 0 Å². The van der Waals surface area contributed by atoms with Gasteiger partial charge >= 0.3 is 13.2 Å². The Morgan fingerprint density at radius 2 is 1.71 bits per heavy atom. The Morgan fingerprint density at radius 1 is 1.14 bits per heavy atom. The number of amides is 1. The van der Waals surface area contributed by atoms with E-state index >= 15 is 8.78 Å². The predicted octanol–water partition coefficient (Wildman–Crippen LogP) is 3.56. The zero-order chi connectivity index (χ0) is 26.0. The van der Waals surface area contributed by atoms with Crippen LogP contribution in [0.15, 0.2) is 16.9 Å². The monoisotopic (exact) mass is 491 g/mol. The van der Waals surface area contributed by atoms with Crippen LogP contribution in [0, 0.1) is 5.82 Å². The first-order valence-electron chi connectivity index (χ1n) is 11.8. The third kappa shape index (κ3) is 4.80. The average molecular weight is 491 g/mol. The van der Waals surface area contributed by atoms with Crippen molar-refractivity contribution in [2.24, 2.45) is 0 Å². The first kappa shape index (κ1) is 25.6. The number of nitrogens with one attached hydrogen (secondary N) is 1. The Bertz CT molecular complexity index is 1200. The van der Waals surface area contributed by atoms with Gasteiger partial charge in [0.25, 0.3) is 5.56 Å². The molecule has 8 nitrogen and oxygen atoms in total. The molecule has 0 atom stereocenters. The van der Waals surface area contributed by atoms with E-state index in [4.69, 9.17) is 14.0 Å². The number of carbonyl (C=O) groups excluding carboxylic acids is 1. The standard InChI is InChI=1S/C24H32BF2N3O5/c1-21(2,3)33-20(32)30-10-8-24(27,9-11-30)19-28-17-15(18(31)29-19)12-14(13-16(17)26)25-34-22(4,5)23(6,7)35-25/h12-13H,8-11H2,1-7H3,(H,28,29,31). The molecule has 1 aromatic carbocycles. The van der Waals surface area contributed by atoms with Gasteiger partial charge < -0.3 is 23.9 Å². The summed E-state index contributed by atoms with van der Waals surface area (Å²) in [5, 5.41) is -0.0201. The Balaban J connectivity index is 1.60. The lowest BCUT2D eigenvalue weighted by molar-refractivity contribution is 0.000193. The van der Waals surface area contributed by atoms with E-state index in [9.17, 15) is 9.59 Å². The fourth-order valence-electron chi connectivity index (χ4n) is 4.16.